The zero-order valence-corrected chi connectivity index (χ0v) is 13.6. The summed E-state index contributed by atoms with van der Waals surface area (Å²) in [5.41, 5.74) is 0.231. The molecule has 0 atom stereocenters. The summed E-state index contributed by atoms with van der Waals surface area (Å²) in [4.78, 5) is 11.7. The monoisotopic (exact) mass is 335 g/mol. The number of nitrogens with one attached hydrogen (secondary N) is 1. The van der Waals surface area contributed by atoms with E-state index in [1.807, 2.05) is 11.6 Å². The topological polar surface area (TPSA) is 81.7 Å². The number of benzene rings is 2. The van der Waals surface area contributed by atoms with Crippen LogP contribution in [0.4, 0.5) is 0 Å². The van der Waals surface area contributed by atoms with Crippen LogP contribution in [0.15, 0.2) is 48.5 Å². The van der Waals surface area contributed by atoms with Crippen molar-refractivity contribution in [2.45, 2.75) is 6.92 Å². The van der Waals surface area contributed by atoms with Gasteiger partial charge in [0.1, 0.15) is 17.2 Å². The number of hydrogen-bond acceptors (Lipinski definition) is 5. The largest absolute Gasteiger partial charge is 0.494 e. The molecule has 6 nitrogen and oxygen atoms in total. The average molecular weight is 335 g/mol. The summed E-state index contributed by atoms with van der Waals surface area (Å²) >= 11 is 0. The van der Waals surface area contributed by atoms with Gasteiger partial charge in [0.25, 0.3) is 5.91 Å². The van der Waals surface area contributed by atoms with Crippen molar-refractivity contribution in [2.24, 2.45) is 0 Å². The predicted octanol–water partition coefficient (Wildman–Crippen LogP) is 2.57. The third-order valence-corrected chi connectivity index (χ3v) is 3.32. The van der Waals surface area contributed by atoms with Crippen molar-refractivity contribution in [3.8, 4) is 17.2 Å². The second kappa shape index (κ2) is 7.15. The number of carbonyl (C=O) groups excluding carboxylic acids is 1. The molecule has 1 N–H and O–H groups in total. The Morgan fingerprint density at radius 1 is 0.957 bits per heavy atom. The molecule has 0 saturated carbocycles. The van der Waals surface area contributed by atoms with Gasteiger partial charge in [0, 0.05) is 5.56 Å². The van der Waals surface area contributed by atoms with Crippen molar-refractivity contribution in [1.29, 1.82) is 0 Å². The summed E-state index contributed by atoms with van der Waals surface area (Å²) in [6.45, 7) is 2.50. The van der Waals surface area contributed by atoms with E-state index >= 15 is 0 Å². The van der Waals surface area contributed by atoms with Gasteiger partial charge in [-0.25, -0.2) is 13.1 Å². The lowest BCUT2D eigenvalue weighted by atomic mass is 10.2. The van der Waals surface area contributed by atoms with E-state index in [1.165, 1.54) is 12.1 Å². The van der Waals surface area contributed by atoms with Crippen LogP contribution in [0.5, 0.6) is 17.2 Å². The molecule has 0 heterocycles. The van der Waals surface area contributed by atoms with Crippen molar-refractivity contribution < 1.29 is 22.7 Å². The van der Waals surface area contributed by atoms with E-state index in [0.717, 1.165) is 12.0 Å². The Morgan fingerprint density at radius 3 is 1.91 bits per heavy atom. The molecule has 1 amide bonds. The Labute approximate surface area is 135 Å². The highest BCUT2D eigenvalue weighted by molar-refractivity contribution is 7.89. The van der Waals surface area contributed by atoms with Gasteiger partial charge in [0.05, 0.1) is 12.9 Å². The van der Waals surface area contributed by atoms with E-state index in [1.54, 1.807) is 36.4 Å². The first-order chi connectivity index (χ1) is 10.9. The summed E-state index contributed by atoms with van der Waals surface area (Å²) < 4.78 is 34.9. The van der Waals surface area contributed by atoms with Crippen LogP contribution in [0, 0.1) is 0 Å². The molecule has 2 aromatic carbocycles. The van der Waals surface area contributed by atoms with Crippen LogP contribution < -0.4 is 14.2 Å². The molecular formula is C16H17NO5S. The molecule has 0 aromatic heterocycles. The molecule has 0 spiro atoms. The van der Waals surface area contributed by atoms with Gasteiger partial charge in [-0.3, -0.25) is 4.79 Å². The Balaban J connectivity index is 2.03. The highest BCUT2D eigenvalue weighted by Crippen LogP contribution is 2.24. The van der Waals surface area contributed by atoms with Crippen LogP contribution >= 0.6 is 0 Å². The molecule has 0 radical (unpaired) electrons. The lowest BCUT2D eigenvalue weighted by molar-refractivity contribution is 0.0981. The lowest BCUT2D eigenvalue weighted by Crippen LogP contribution is -2.29. The van der Waals surface area contributed by atoms with Crippen LogP contribution in [0.1, 0.15) is 17.3 Å². The summed E-state index contributed by atoms with van der Waals surface area (Å²) in [7, 11) is -3.58. The van der Waals surface area contributed by atoms with Crippen LogP contribution in [-0.4, -0.2) is 27.2 Å². The second-order valence-corrected chi connectivity index (χ2v) is 6.48. The van der Waals surface area contributed by atoms with Gasteiger partial charge in [-0.2, -0.15) is 0 Å². The minimum Gasteiger partial charge on any atom is -0.494 e. The van der Waals surface area contributed by atoms with Gasteiger partial charge in [-0.05, 0) is 55.5 Å². The van der Waals surface area contributed by atoms with Crippen LogP contribution in [0.25, 0.3) is 0 Å². The summed E-state index contributed by atoms with van der Waals surface area (Å²) in [6, 6.07) is 13.3. The number of sulfonamides is 1. The molecule has 23 heavy (non-hydrogen) atoms. The van der Waals surface area contributed by atoms with Gasteiger partial charge in [0.15, 0.2) is 0 Å². The first-order valence-corrected chi connectivity index (χ1v) is 8.79. The molecular weight excluding hydrogens is 318 g/mol. The minimum atomic E-state index is -3.58. The Bertz CT molecular complexity index is 767. The number of rotatable bonds is 6. The van der Waals surface area contributed by atoms with Crippen molar-refractivity contribution in [2.75, 3.05) is 12.9 Å². The third-order valence-electron chi connectivity index (χ3n) is 2.77. The highest BCUT2D eigenvalue weighted by Gasteiger charge is 2.11. The average Bonchev–Trinajstić information content (AvgIpc) is 2.48. The number of hydrogen-bond donors (Lipinski definition) is 1. The van der Waals surface area contributed by atoms with E-state index in [9.17, 15) is 13.2 Å². The molecule has 2 aromatic rings. The Hall–Kier alpha value is -2.54. The maximum Gasteiger partial charge on any atom is 0.264 e. The molecule has 0 bridgehead atoms. The normalized spacial score (nSPS) is 10.9. The second-order valence-electron chi connectivity index (χ2n) is 4.73. The molecule has 0 fully saturated rings. The summed E-state index contributed by atoms with van der Waals surface area (Å²) in [5.74, 6) is 1.24. The fourth-order valence-corrected chi connectivity index (χ4v) is 2.26. The number of ether oxygens (including phenoxy) is 2. The Kier molecular flexibility index (Phi) is 5.23. The quantitative estimate of drug-likeness (QED) is 0.877. The number of amides is 1. The summed E-state index contributed by atoms with van der Waals surface area (Å²) in [6.07, 6.45) is 0.925. The molecule has 122 valence electrons. The molecule has 0 aliphatic rings. The van der Waals surface area contributed by atoms with Gasteiger partial charge in [-0.15, -0.1) is 0 Å². The number of carbonyl (C=O) groups is 1. The first-order valence-electron chi connectivity index (χ1n) is 6.90. The lowest BCUT2D eigenvalue weighted by Gasteiger charge is -2.08. The van der Waals surface area contributed by atoms with Gasteiger partial charge < -0.3 is 9.47 Å². The molecule has 2 rings (SSSR count). The molecule has 0 unspecified atom stereocenters. The Morgan fingerprint density at radius 2 is 1.43 bits per heavy atom. The zero-order chi connectivity index (χ0) is 16.9. The highest BCUT2D eigenvalue weighted by atomic mass is 32.2. The van der Waals surface area contributed by atoms with Gasteiger partial charge >= 0.3 is 0 Å². The van der Waals surface area contributed by atoms with Crippen molar-refractivity contribution in [3.63, 3.8) is 0 Å². The van der Waals surface area contributed by atoms with Gasteiger partial charge in [0.2, 0.25) is 10.0 Å². The van der Waals surface area contributed by atoms with Crippen LogP contribution in [-0.2, 0) is 10.0 Å². The zero-order valence-electron chi connectivity index (χ0n) is 12.8. The predicted molar refractivity (Wildman–Crippen MR) is 86.4 cm³/mol. The van der Waals surface area contributed by atoms with E-state index in [-0.39, 0.29) is 5.56 Å². The van der Waals surface area contributed by atoms with Crippen LogP contribution in [0.3, 0.4) is 0 Å². The molecule has 0 saturated heterocycles. The fourth-order valence-electron chi connectivity index (χ4n) is 1.81. The van der Waals surface area contributed by atoms with Crippen molar-refractivity contribution >= 4 is 15.9 Å². The smallest absolute Gasteiger partial charge is 0.264 e. The molecule has 0 aliphatic carbocycles. The molecule has 0 aliphatic heterocycles. The maximum atomic E-state index is 11.7. The van der Waals surface area contributed by atoms with E-state index in [2.05, 4.69) is 0 Å². The van der Waals surface area contributed by atoms with E-state index < -0.39 is 15.9 Å². The molecule has 7 heteroatoms. The van der Waals surface area contributed by atoms with E-state index in [4.69, 9.17) is 9.47 Å². The first kappa shape index (κ1) is 16.8. The third kappa shape index (κ3) is 5.30. The maximum absolute atomic E-state index is 11.7. The standard InChI is InChI=1S/C16H17NO5S/c1-3-21-13-8-10-15(11-9-13)22-14-6-4-12(5-7-14)16(18)17-23(2,19)20/h4-11H,3H2,1-2H3,(H,17,18). The van der Waals surface area contributed by atoms with E-state index in [0.29, 0.717) is 18.1 Å². The minimum absolute atomic E-state index is 0.231. The SMILES string of the molecule is CCOc1ccc(Oc2ccc(C(=O)NS(C)(=O)=O)cc2)cc1. The van der Waals surface area contributed by atoms with Crippen LogP contribution in [0.2, 0.25) is 0 Å². The summed E-state index contributed by atoms with van der Waals surface area (Å²) in [5, 5.41) is 0. The van der Waals surface area contributed by atoms with Gasteiger partial charge in [-0.1, -0.05) is 0 Å². The van der Waals surface area contributed by atoms with Crippen molar-refractivity contribution in [1.82, 2.24) is 4.72 Å². The van der Waals surface area contributed by atoms with Crippen molar-refractivity contribution in [3.05, 3.63) is 54.1 Å². The fraction of sp³-hybridized carbons (Fsp3) is 0.188.